The Balaban J connectivity index is 1.86. The van der Waals surface area contributed by atoms with E-state index in [4.69, 9.17) is 0 Å². The lowest BCUT2D eigenvalue weighted by atomic mass is 10.1. The first-order valence-corrected chi connectivity index (χ1v) is 8.20. The maximum absolute atomic E-state index is 3.56. The third-order valence-electron chi connectivity index (χ3n) is 4.32. The highest BCUT2D eigenvalue weighted by Crippen LogP contribution is 2.34. The fourth-order valence-electron chi connectivity index (χ4n) is 3.27. The molecule has 0 fully saturated rings. The van der Waals surface area contributed by atoms with Gasteiger partial charge >= 0.3 is 0 Å². The van der Waals surface area contributed by atoms with E-state index in [1.807, 2.05) is 18.2 Å². The van der Waals surface area contributed by atoms with Gasteiger partial charge in [0, 0.05) is 38.4 Å². The zero-order valence-corrected chi connectivity index (χ0v) is 13.7. The standard InChI is InChI=1S/C20H11BrN2/c21-13-6-8-18-17(12-13)15-7-9-19-16(20(15)22-18)10-11-23(19)14-4-2-1-3-5-14/h2,4-12,22H. The van der Waals surface area contributed by atoms with Gasteiger partial charge in [-0.3, -0.25) is 0 Å². The van der Waals surface area contributed by atoms with Gasteiger partial charge in [0.2, 0.25) is 0 Å². The molecular weight excluding hydrogens is 348 g/mol. The first kappa shape index (κ1) is 12.8. The van der Waals surface area contributed by atoms with E-state index in [1.165, 1.54) is 27.2 Å². The Morgan fingerprint density at radius 3 is 2.78 bits per heavy atom. The average Bonchev–Trinajstić information content (AvgIpc) is 3.16. The number of H-pyrrole nitrogens is 1. The molecule has 0 saturated heterocycles. The molecule has 0 aliphatic heterocycles. The van der Waals surface area contributed by atoms with Crippen LogP contribution in [0.15, 0.2) is 76.8 Å². The topological polar surface area (TPSA) is 20.7 Å². The summed E-state index contributed by atoms with van der Waals surface area (Å²) in [6.45, 7) is 0. The number of allylic oxidation sites excluding steroid dienone is 4. The molecule has 3 heteroatoms. The van der Waals surface area contributed by atoms with Crippen molar-refractivity contribution in [2.45, 2.75) is 0 Å². The third kappa shape index (κ3) is 1.82. The van der Waals surface area contributed by atoms with Crippen LogP contribution in [0, 0.1) is 0 Å². The van der Waals surface area contributed by atoms with Crippen molar-refractivity contribution in [2.24, 2.45) is 0 Å². The quantitative estimate of drug-likeness (QED) is 0.417. The molecule has 2 aromatic heterocycles. The van der Waals surface area contributed by atoms with Gasteiger partial charge in [-0.2, -0.15) is 0 Å². The Morgan fingerprint density at radius 2 is 1.91 bits per heavy atom. The number of nitrogens with one attached hydrogen (secondary N) is 1. The number of aromatic nitrogens is 2. The number of nitrogens with zero attached hydrogens (tertiary/aromatic N) is 1. The van der Waals surface area contributed by atoms with Crippen molar-refractivity contribution in [3.05, 3.63) is 76.8 Å². The highest BCUT2D eigenvalue weighted by atomic mass is 79.9. The lowest BCUT2D eigenvalue weighted by Gasteiger charge is -2.06. The lowest BCUT2D eigenvalue weighted by molar-refractivity contribution is 1.18. The maximum Gasteiger partial charge on any atom is 0.0560 e. The van der Waals surface area contributed by atoms with Crippen LogP contribution in [0.1, 0.15) is 0 Å². The molecule has 4 aromatic rings. The van der Waals surface area contributed by atoms with Gasteiger partial charge in [-0.1, -0.05) is 33.5 Å². The van der Waals surface area contributed by atoms with Crippen molar-refractivity contribution < 1.29 is 0 Å². The molecule has 23 heavy (non-hydrogen) atoms. The van der Waals surface area contributed by atoms with Crippen molar-refractivity contribution in [3.63, 3.8) is 0 Å². The third-order valence-corrected chi connectivity index (χ3v) is 4.82. The summed E-state index contributed by atoms with van der Waals surface area (Å²) in [6.07, 6.45) is 7.99. The molecule has 1 N–H and O–H groups in total. The average molecular weight is 359 g/mol. The minimum absolute atomic E-state index is 1.09. The summed E-state index contributed by atoms with van der Waals surface area (Å²) in [5.74, 6) is 0. The van der Waals surface area contributed by atoms with Crippen LogP contribution in [-0.4, -0.2) is 9.55 Å². The molecule has 1 aliphatic rings. The van der Waals surface area contributed by atoms with Crippen molar-refractivity contribution in [1.29, 1.82) is 0 Å². The summed E-state index contributed by atoms with van der Waals surface area (Å²) in [6, 6.07) is 12.9. The van der Waals surface area contributed by atoms with Crippen LogP contribution in [0.5, 0.6) is 0 Å². The number of hydrogen-bond acceptors (Lipinski definition) is 0. The zero-order chi connectivity index (χ0) is 15.4. The molecule has 5 rings (SSSR count). The fraction of sp³-hybridized carbons (Fsp3) is 0. The molecule has 0 saturated carbocycles. The van der Waals surface area contributed by atoms with Crippen LogP contribution in [0.2, 0.25) is 0 Å². The molecule has 108 valence electrons. The molecule has 0 radical (unpaired) electrons. The minimum Gasteiger partial charge on any atom is -0.354 e. The summed E-state index contributed by atoms with van der Waals surface area (Å²) in [7, 11) is 0. The summed E-state index contributed by atoms with van der Waals surface area (Å²) >= 11 is 3.56. The molecule has 2 nitrogen and oxygen atoms in total. The van der Waals surface area contributed by atoms with Gasteiger partial charge in [-0.25, -0.2) is 0 Å². The normalized spacial score (nSPS) is 13.5. The number of rotatable bonds is 1. The largest absolute Gasteiger partial charge is 0.354 e. The Hall–Kier alpha value is -2.70. The van der Waals surface area contributed by atoms with E-state index < -0.39 is 0 Å². The Kier molecular flexibility index (Phi) is 2.59. The van der Waals surface area contributed by atoms with Gasteiger partial charge in [0.1, 0.15) is 0 Å². The van der Waals surface area contributed by atoms with Crippen molar-refractivity contribution in [2.75, 3.05) is 0 Å². The van der Waals surface area contributed by atoms with Crippen LogP contribution in [-0.2, 0) is 0 Å². The summed E-state index contributed by atoms with van der Waals surface area (Å²) in [5.41, 5.74) is 10.6. The maximum atomic E-state index is 3.56. The number of aromatic amines is 1. The second-order valence-corrected chi connectivity index (χ2v) is 6.53. The fourth-order valence-corrected chi connectivity index (χ4v) is 3.63. The van der Waals surface area contributed by atoms with Gasteiger partial charge in [0.15, 0.2) is 0 Å². The van der Waals surface area contributed by atoms with E-state index in [2.05, 4.69) is 79.5 Å². The van der Waals surface area contributed by atoms with Gasteiger partial charge in [-0.05, 0) is 42.5 Å². The first-order chi connectivity index (χ1) is 11.3. The Morgan fingerprint density at radius 1 is 0.957 bits per heavy atom. The van der Waals surface area contributed by atoms with Gasteiger partial charge < -0.3 is 9.55 Å². The predicted octanol–water partition coefficient (Wildman–Crippen LogP) is 5.76. The SMILES string of the molecule is Brc1ccc2[nH]c3c(ccc4c3ccn4C3=CC=C=C=C3)c2c1. The summed E-state index contributed by atoms with van der Waals surface area (Å²) in [4.78, 5) is 3.56. The second kappa shape index (κ2) is 4.65. The van der Waals surface area contributed by atoms with Gasteiger partial charge in [0.05, 0.1) is 16.7 Å². The molecule has 0 amide bonds. The molecule has 2 heterocycles. The number of fused-ring (bicyclic) bond motifs is 5. The van der Waals surface area contributed by atoms with Crippen LogP contribution in [0.25, 0.3) is 38.4 Å². The first-order valence-electron chi connectivity index (χ1n) is 7.40. The molecular formula is C20H11BrN2. The molecule has 0 spiro atoms. The molecule has 0 atom stereocenters. The summed E-state index contributed by atoms with van der Waals surface area (Å²) in [5, 5.41) is 3.72. The molecule has 0 unspecified atom stereocenters. The predicted molar refractivity (Wildman–Crippen MR) is 99.4 cm³/mol. The van der Waals surface area contributed by atoms with Crippen molar-refractivity contribution in [3.8, 4) is 0 Å². The van der Waals surface area contributed by atoms with Crippen molar-refractivity contribution in [1.82, 2.24) is 9.55 Å². The van der Waals surface area contributed by atoms with E-state index in [9.17, 15) is 0 Å². The van der Waals surface area contributed by atoms with Crippen LogP contribution in [0.4, 0.5) is 0 Å². The van der Waals surface area contributed by atoms with Gasteiger partial charge in [-0.15, -0.1) is 0 Å². The van der Waals surface area contributed by atoms with E-state index in [0.29, 0.717) is 0 Å². The number of benzene rings is 2. The Bertz CT molecular complexity index is 1240. The second-order valence-electron chi connectivity index (χ2n) is 5.61. The minimum atomic E-state index is 1.09. The van der Waals surface area contributed by atoms with Gasteiger partial charge in [0.25, 0.3) is 0 Å². The number of halogens is 1. The lowest BCUT2D eigenvalue weighted by Crippen LogP contribution is -1.92. The van der Waals surface area contributed by atoms with E-state index in [1.54, 1.807) is 0 Å². The van der Waals surface area contributed by atoms with E-state index in [0.717, 1.165) is 15.7 Å². The van der Waals surface area contributed by atoms with Crippen LogP contribution >= 0.6 is 15.9 Å². The molecule has 1 aliphatic carbocycles. The molecule has 2 aromatic carbocycles. The van der Waals surface area contributed by atoms with Crippen LogP contribution in [0.3, 0.4) is 0 Å². The summed E-state index contributed by atoms with van der Waals surface area (Å²) < 4.78 is 3.28. The van der Waals surface area contributed by atoms with E-state index in [-0.39, 0.29) is 0 Å². The monoisotopic (exact) mass is 358 g/mol. The smallest absolute Gasteiger partial charge is 0.0560 e. The van der Waals surface area contributed by atoms with E-state index >= 15 is 0 Å². The highest BCUT2D eigenvalue weighted by molar-refractivity contribution is 9.10. The van der Waals surface area contributed by atoms with Crippen LogP contribution < -0.4 is 0 Å². The number of hydrogen-bond donors (Lipinski definition) is 1. The van der Waals surface area contributed by atoms with Crippen molar-refractivity contribution >= 4 is 54.3 Å². The highest BCUT2D eigenvalue weighted by Gasteiger charge is 2.11. The molecule has 0 bridgehead atoms. The zero-order valence-electron chi connectivity index (χ0n) is 12.1. The Labute approximate surface area is 140 Å².